The van der Waals surface area contributed by atoms with Gasteiger partial charge in [-0.25, -0.2) is 0 Å². The summed E-state index contributed by atoms with van der Waals surface area (Å²) in [5, 5.41) is 10.7. The van der Waals surface area contributed by atoms with Crippen LogP contribution in [0.15, 0.2) is 18.2 Å². The van der Waals surface area contributed by atoms with E-state index in [0.29, 0.717) is 0 Å². The summed E-state index contributed by atoms with van der Waals surface area (Å²) in [6.45, 7) is 2.99. The van der Waals surface area contributed by atoms with E-state index in [-0.39, 0.29) is 18.5 Å². The van der Waals surface area contributed by atoms with Gasteiger partial charge in [0.1, 0.15) is 0 Å². The Morgan fingerprint density at radius 2 is 2.05 bits per heavy atom. The molecule has 0 aliphatic carbocycles. The first-order valence-electron chi connectivity index (χ1n) is 6.00. The summed E-state index contributed by atoms with van der Waals surface area (Å²) in [6.07, 6.45) is 0.0579. The lowest BCUT2D eigenvalue weighted by atomic mass is 9.92. The van der Waals surface area contributed by atoms with Crippen LogP contribution in [-0.4, -0.2) is 21.6 Å². The van der Waals surface area contributed by atoms with Crippen LogP contribution in [0.3, 0.4) is 0 Å². The van der Waals surface area contributed by atoms with Gasteiger partial charge in [-0.1, -0.05) is 26.0 Å². The van der Waals surface area contributed by atoms with Crippen molar-refractivity contribution >= 4 is 17.5 Å². The predicted octanol–water partition coefficient (Wildman–Crippen LogP) is 2.02. The maximum absolute atomic E-state index is 13.9. The first-order valence-corrected chi connectivity index (χ1v) is 6.00. The first kappa shape index (κ1) is 14.1. The minimum atomic E-state index is -1.01. The molecule has 1 saturated heterocycles. The van der Waals surface area contributed by atoms with Crippen molar-refractivity contribution in [1.29, 1.82) is 0 Å². The van der Waals surface area contributed by atoms with E-state index in [1.54, 1.807) is 13.8 Å². The van der Waals surface area contributed by atoms with Gasteiger partial charge in [-0.15, -0.1) is 0 Å². The van der Waals surface area contributed by atoms with Crippen LogP contribution in [-0.2, 0) is 16.1 Å². The third-order valence-electron chi connectivity index (χ3n) is 3.30. The van der Waals surface area contributed by atoms with Crippen molar-refractivity contribution in [3.63, 3.8) is 0 Å². The van der Waals surface area contributed by atoms with Gasteiger partial charge in [-0.2, -0.15) is 4.39 Å². The number of halogens is 1. The van der Waals surface area contributed by atoms with Gasteiger partial charge in [0.05, 0.1) is 16.9 Å². The van der Waals surface area contributed by atoms with Crippen molar-refractivity contribution in [3.05, 3.63) is 39.7 Å². The highest BCUT2D eigenvalue weighted by molar-refractivity contribution is 6.05. The summed E-state index contributed by atoms with van der Waals surface area (Å²) >= 11 is 0. The van der Waals surface area contributed by atoms with Crippen LogP contribution in [0.2, 0.25) is 0 Å². The molecule has 1 aliphatic rings. The van der Waals surface area contributed by atoms with E-state index >= 15 is 0 Å². The lowest BCUT2D eigenvalue weighted by molar-refractivity contribution is -0.387. The SMILES string of the molecule is CC1(C)CC(=O)N(Cc2cccc([N+](=O)[O-])c2F)C1=O. The van der Waals surface area contributed by atoms with E-state index in [0.717, 1.165) is 11.0 Å². The van der Waals surface area contributed by atoms with Gasteiger partial charge >= 0.3 is 5.69 Å². The molecule has 2 rings (SSSR count). The Bertz CT molecular complexity index is 612. The van der Waals surface area contributed by atoms with Gasteiger partial charge in [0.2, 0.25) is 17.6 Å². The van der Waals surface area contributed by atoms with Crippen LogP contribution in [0, 0.1) is 21.3 Å². The monoisotopic (exact) mass is 280 g/mol. The normalized spacial score (nSPS) is 17.6. The van der Waals surface area contributed by atoms with Crippen molar-refractivity contribution in [3.8, 4) is 0 Å². The zero-order valence-corrected chi connectivity index (χ0v) is 11.1. The van der Waals surface area contributed by atoms with Gasteiger partial charge < -0.3 is 0 Å². The molecule has 7 heteroatoms. The maximum Gasteiger partial charge on any atom is 0.305 e. The first-order chi connectivity index (χ1) is 9.24. The van der Waals surface area contributed by atoms with Crippen molar-refractivity contribution < 1.29 is 18.9 Å². The van der Waals surface area contributed by atoms with Crippen molar-refractivity contribution in [2.45, 2.75) is 26.8 Å². The fraction of sp³-hybridized carbons (Fsp3) is 0.385. The summed E-state index contributed by atoms with van der Waals surface area (Å²) in [4.78, 5) is 34.6. The zero-order valence-electron chi connectivity index (χ0n) is 11.1. The van der Waals surface area contributed by atoms with Crippen LogP contribution in [0.5, 0.6) is 0 Å². The molecule has 0 aromatic heterocycles. The molecule has 0 atom stereocenters. The molecular formula is C13H13FN2O4. The fourth-order valence-electron chi connectivity index (χ4n) is 2.19. The molecule has 0 N–H and O–H groups in total. The van der Waals surface area contributed by atoms with Crippen LogP contribution in [0.1, 0.15) is 25.8 Å². The third-order valence-corrected chi connectivity index (χ3v) is 3.30. The van der Waals surface area contributed by atoms with Gasteiger partial charge in [0, 0.05) is 18.1 Å². The highest BCUT2D eigenvalue weighted by Gasteiger charge is 2.44. The van der Waals surface area contributed by atoms with Gasteiger partial charge in [0.25, 0.3) is 0 Å². The second kappa shape index (κ2) is 4.66. The minimum absolute atomic E-state index is 0.0430. The van der Waals surface area contributed by atoms with Crippen molar-refractivity contribution in [1.82, 2.24) is 4.90 Å². The van der Waals surface area contributed by atoms with Crippen LogP contribution in [0.25, 0.3) is 0 Å². The average Bonchev–Trinajstić information content (AvgIpc) is 2.53. The van der Waals surface area contributed by atoms with Crippen molar-refractivity contribution in [2.24, 2.45) is 5.41 Å². The molecule has 1 aromatic carbocycles. The lowest BCUT2D eigenvalue weighted by Gasteiger charge is -2.17. The number of nitro groups is 1. The summed E-state index contributed by atoms with van der Waals surface area (Å²) in [7, 11) is 0. The fourth-order valence-corrected chi connectivity index (χ4v) is 2.19. The molecule has 1 aromatic rings. The van der Waals surface area contributed by atoms with Crippen LogP contribution >= 0.6 is 0 Å². The van der Waals surface area contributed by atoms with Gasteiger partial charge in [-0.05, 0) is 0 Å². The van der Waals surface area contributed by atoms with E-state index < -0.39 is 33.7 Å². The number of hydrogen-bond acceptors (Lipinski definition) is 4. The molecule has 0 radical (unpaired) electrons. The Hall–Kier alpha value is -2.31. The Morgan fingerprint density at radius 1 is 1.40 bits per heavy atom. The van der Waals surface area contributed by atoms with Crippen molar-refractivity contribution in [2.75, 3.05) is 0 Å². The molecule has 0 unspecified atom stereocenters. The molecular weight excluding hydrogens is 267 g/mol. The maximum atomic E-state index is 13.9. The Kier molecular flexibility index (Phi) is 3.29. The summed E-state index contributed by atoms with van der Waals surface area (Å²) in [5.74, 6) is -1.80. The zero-order chi connectivity index (χ0) is 15.1. The highest BCUT2D eigenvalue weighted by atomic mass is 19.1. The summed E-state index contributed by atoms with van der Waals surface area (Å²) in [6, 6.07) is 3.69. The Balaban J connectivity index is 2.32. The number of likely N-dealkylation sites (tertiary alicyclic amines) is 1. The number of carbonyl (C=O) groups excluding carboxylic acids is 2. The molecule has 0 bridgehead atoms. The third kappa shape index (κ3) is 2.26. The average molecular weight is 280 g/mol. The predicted molar refractivity (Wildman–Crippen MR) is 67.0 cm³/mol. The molecule has 20 heavy (non-hydrogen) atoms. The van der Waals surface area contributed by atoms with E-state index in [1.807, 2.05) is 0 Å². The van der Waals surface area contributed by atoms with Gasteiger partial charge in [0.15, 0.2) is 0 Å². The molecule has 0 spiro atoms. The number of nitro benzene ring substituents is 1. The molecule has 1 fully saturated rings. The number of carbonyl (C=O) groups is 2. The van der Waals surface area contributed by atoms with Gasteiger partial charge in [-0.3, -0.25) is 24.6 Å². The van der Waals surface area contributed by atoms with E-state index in [2.05, 4.69) is 0 Å². The van der Waals surface area contributed by atoms with Crippen LogP contribution < -0.4 is 0 Å². The number of amides is 2. The van der Waals surface area contributed by atoms with E-state index in [1.165, 1.54) is 12.1 Å². The second-order valence-corrected chi connectivity index (χ2v) is 5.35. The number of nitrogens with zero attached hydrogens (tertiary/aromatic N) is 2. The molecule has 106 valence electrons. The number of imide groups is 1. The largest absolute Gasteiger partial charge is 0.305 e. The highest BCUT2D eigenvalue weighted by Crippen LogP contribution is 2.33. The number of hydrogen-bond donors (Lipinski definition) is 0. The molecule has 2 amide bonds. The number of benzene rings is 1. The van der Waals surface area contributed by atoms with E-state index in [9.17, 15) is 24.1 Å². The quantitative estimate of drug-likeness (QED) is 0.482. The standard InChI is InChI=1S/C13H13FN2O4/c1-13(2)6-10(17)15(12(13)18)7-8-4-3-5-9(11(8)14)16(19)20/h3-5H,6-7H2,1-2H3. The van der Waals surface area contributed by atoms with E-state index in [4.69, 9.17) is 0 Å². The smallest absolute Gasteiger partial charge is 0.278 e. The minimum Gasteiger partial charge on any atom is -0.278 e. The molecule has 1 aliphatic heterocycles. The molecule has 6 nitrogen and oxygen atoms in total. The number of rotatable bonds is 3. The topological polar surface area (TPSA) is 80.5 Å². The molecule has 0 saturated carbocycles. The Labute approximate surface area is 114 Å². The second-order valence-electron chi connectivity index (χ2n) is 5.35. The molecule has 1 heterocycles. The van der Waals surface area contributed by atoms with Crippen LogP contribution in [0.4, 0.5) is 10.1 Å². The lowest BCUT2D eigenvalue weighted by Crippen LogP contribution is -2.32. The summed E-state index contributed by atoms with van der Waals surface area (Å²) < 4.78 is 13.9. The summed E-state index contributed by atoms with van der Waals surface area (Å²) in [5.41, 5.74) is -1.52. The Morgan fingerprint density at radius 3 is 2.55 bits per heavy atom.